The Morgan fingerprint density at radius 3 is 1.01 bits per heavy atom. The van der Waals surface area contributed by atoms with Gasteiger partial charge >= 0.3 is 0 Å². The molecule has 0 fully saturated rings. The van der Waals surface area contributed by atoms with E-state index in [0.29, 0.717) is 0 Å². The number of nitrogens with one attached hydrogen (secondary N) is 1. The van der Waals surface area contributed by atoms with Gasteiger partial charge < -0.3 is 24.9 Å². The molecule has 6 heteroatoms. The van der Waals surface area contributed by atoms with Crippen LogP contribution < -0.4 is 24.9 Å². The van der Waals surface area contributed by atoms with E-state index in [0.717, 1.165) is 61.3 Å². The number of nitrogens with zero attached hydrogens (tertiary/aromatic N) is 4. The molecule has 24 aromatic rings. The highest BCUT2D eigenvalue weighted by Crippen LogP contribution is 2.63. The Bertz CT molecular complexity index is 8710. The fraction of sp³-hybridized carbons (Fsp3) is 0.0216. The van der Waals surface area contributed by atoms with Crippen LogP contribution in [0.25, 0.3) is 87.6 Å². The van der Waals surface area contributed by atoms with Crippen LogP contribution in [-0.2, 0) is 10.8 Å². The van der Waals surface area contributed by atoms with E-state index in [1.165, 1.54) is 172 Å². The number of halogens is 1. The minimum Gasteiger partial charge on any atom is -0.354 e. The van der Waals surface area contributed by atoms with Crippen molar-refractivity contribution in [2.45, 2.75) is 16.7 Å². The van der Waals surface area contributed by atoms with Crippen LogP contribution in [0.1, 0.15) is 67.1 Å². The number of para-hydroxylation sites is 6. The Hall–Kier alpha value is -18.2. The van der Waals surface area contributed by atoms with Gasteiger partial charge in [0.2, 0.25) is 0 Å². The predicted molar refractivity (Wildman–Crippen MR) is 612 cm³/mol. The number of hydrogen-bond acceptors (Lipinski definition) is 5. The molecule has 145 heavy (non-hydrogen) atoms. The molecular weight excluding hydrogens is 1820 g/mol. The number of hydrogen-bond donors (Lipinski definition) is 1. The highest BCUT2D eigenvalue weighted by molar-refractivity contribution is 9.10. The third-order valence-corrected chi connectivity index (χ3v) is 30.3. The maximum atomic E-state index is 3.81. The zero-order chi connectivity index (χ0) is 96.3. The maximum absolute atomic E-state index is 3.81. The summed E-state index contributed by atoms with van der Waals surface area (Å²) in [6.45, 7) is 0. The summed E-state index contributed by atoms with van der Waals surface area (Å²) in [7, 11) is 0. The van der Waals surface area contributed by atoms with Crippen LogP contribution in [0, 0.1) is 0 Å². The molecule has 0 saturated carbocycles. The van der Waals surface area contributed by atoms with Crippen molar-refractivity contribution >= 4 is 139 Å². The second-order valence-corrected chi connectivity index (χ2v) is 38.7. The Kier molecular flexibility index (Phi) is 22.3. The predicted octanol–water partition coefficient (Wildman–Crippen LogP) is 37.9. The average Bonchev–Trinajstić information content (AvgIpc) is 1.58. The van der Waals surface area contributed by atoms with Crippen LogP contribution in [0.3, 0.4) is 0 Å². The van der Waals surface area contributed by atoms with Crippen molar-refractivity contribution in [2.24, 2.45) is 0 Å². The van der Waals surface area contributed by atoms with Crippen molar-refractivity contribution in [2.75, 3.05) is 24.9 Å². The SMILES string of the molecule is Brc1ccc2c(c1)C(c1ccccc1)(c1ccccc1)c1cc(C(c3ccccc3)c3ccccc3)ccc1-2.c1ccc(N(c2ccccc2)c2ccc3c(c2)C(c2ccccc2)(c2ccccc2)c2cc(N4c5c(ccc6cc(N(c7ccccc7)c7ccccc7)ccc56)-c5cccc6cccc4c56)ccc2-3)cc1.c1ccc(N(c2ccccc2)c2ccc3c4c(ccc3c2)-c2cccc3cccc(c23)N4)cc1. The topological polar surface area (TPSA) is 25.0 Å². The second kappa shape index (κ2) is 37.1. The average molecular weight is 1920 g/mol. The van der Waals surface area contributed by atoms with E-state index in [-0.39, 0.29) is 5.92 Å². The van der Waals surface area contributed by atoms with E-state index < -0.39 is 10.8 Å². The Labute approximate surface area is 854 Å². The largest absolute Gasteiger partial charge is 0.354 e. The Balaban J connectivity index is 0.000000123. The summed E-state index contributed by atoms with van der Waals surface area (Å²) in [5, 5.41) is 13.6. The fourth-order valence-corrected chi connectivity index (χ4v) is 24.1. The second-order valence-electron chi connectivity index (χ2n) is 37.8. The van der Waals surface area contributed by atoms with Crippen LogP contribution in [0.15, 0.2) is 575 Å². The van der Waals surface area contributed by atoms with E-state index >= 15 is 0 Å². The standard InChI is InChI=1S/C69H47N3.C38H27Br.C32H22N2/c1-7-23-50(24-8-1)69(51-25-9-2-10-26-51)64-46-57(71(54-31-15-5-16-32-54)55-33-17-6-18-34-55)39-43-60(64)61-44-40-58(47-65(61)69)72-66-36-20-22-48-21-19-35-62(67(48)66)63-41-37-49-45-56(38-42-59(49)68(63)72)70(52-27-11-3-12-28-52)53-29-13-4-14-30-53;39-32-22-24-34-33-23-21-29(37(27-13-5-1-6-14-27)28-15-7-2-8-16-28)25-35(33)38(36(34)26-32,30-17-9-3-10-18-30)31-19-11-4-12-20-31;1-3-11-24(12-4-1)34(25-13-5-2-6-14-25)26-18-20-27-23(21-26)17-19-29-28-15-7-9-22-10-8-16-30(31(22)28)33-32(27)29/h1-47H;1-26,37H;1-21,33H. The summed E-state index contributed by atoms with van der Waals surface area (Å²) >= 11 is 3.81. The smallest absolute Gasteiger partial charge is 0.0715 e. The van der Waals surface area contributed by atoms with Crippen LogP contribution >= 0.6 is 15.9 Å². The zero-order valence-electron chi connectivity index (χ0n) is 79.5. The van der Waals surface area contributed by atoms with Crippen LogP contribution in [0.5, 0.6) is 0 Å². The first-order valence-corrected chi connectivity index (χ1v) is 50.7. The lowest BCUT2D eigenvalue weighted by Crippen LogP contribution is -2.29. The van der Waals surface area contributed by atoms with Crippen LogP contribution in [0.4, 0.5) is 79.6 Å². The number of fused-ring (bicyclic) bond motifs is 14. The third-order valence-electron chi connectivity index (χ3n) is 29.8. The summed E-state index contributed by atoms with van der Waals surface area (Å²) in [6, 6.07) is 208. The molecule has 5 nitrogen and oxygen atoms in total. The van der Waals surface area contributed by atoms with Crippen LogP contribution in [0.2, 0.25) is 0 Å². The van der Waals surface area contributed by atoms with Crippen molar-refractivity contribution < 1.29 is 0 Å². The van der Waals surface area contributed by atoms with Gasteiger partial charge in [-0.05, 0) is 262 Å². The summed E-state index contributed by atoms with van der Waals surface area (Å²) in [5.74, 6) is 0.136. The fourth-order valence-electron chi connectivity index (χ4n) is 23.7. The van der Waals surface area contributed by atoms with Gasteiger partial charge in [-0.15, -0.1) is 0 Å². The highest BCUT2D eigenvalue weighted by Gasteiger charge is 2.49. The van der Waals surface area contributed by atoms with Gasteiger partial charge in [-0.1, -0.05) is 441 Å². The van der Waals surface area contributed by atoms with Crippen molar-refractivity contribution in [1.82, 2.24) is 0 Å². The third kappa shape index (κ3) is 15.1. The molecule has 0 bridgehead atoms. The van der Waals surface area contributed by atoms with Gasteiger partial charge in [0, 0.05) is 106 Å². The van der Waals surface area contributed by atoms with E-state index in [1.807, 2.05) is 0 Å². The molecule has 0 spiro atoms. The number of anilines is 14. The van der Waals surface area contributed by atoms with Gasteiger partial charge in [-0.3, -0.25) is 0 Å². The molecule has 24 aromatic carbocycles. The first-order valence-electron chi connectivity index (χ1n) is 49.9. The van der Waals surface area contributed by atoms with Crippen molar-refractivity contribution in [3.05, 3.63) is 636 Å². The molecule has 0 unspecified atom stereocenters. The first kappa shape index (κ1) is 87.1. The summed E-state index contributed by atoms with van der Waals surface area (Å²) in [6.07, 6.45) is 0. The summed E-state index contributed by atoms with van der Waals surface area (Å²) in [5.41, 5.74) is 39.0. The first-order chi connectivity index (χ1) is 71.9. The molecule has 0 saturated heterocycles. The lowest BCUT2D eigenvalue weighted by atomic mass is 9.67. The minimum atomic E-state index is -0.660. The van der Waals surface area contributed by atoms with E-state index in [1.54, 1.807) is 0 Å². The Morgan fingerprint density at radius 2 is 0.552 bits per heavy atom. The minimum absolute atomic E-state index is 0.136. The molecule has 2 aliphatic heterocycles. The molecule has 684 valence electrons. The molecule has 0 aromatic heterocycles. The molecule has 0 amide bonds. The van der Waals surface area contributed by atoms with E-state index in [9.17, 15) is 0 Å². The molecule has 4 aliphatic rings. The molecule has 1 N–H and O–H groups in total. The van der Waals surface area contributed by atoms with Crippen molar-refractivity contribution in [3.63, 3.8) is 0 Å². The highest BCUT2D eigenvalue weighted by atomic mass is 79.9. The van der Waals surface area contributed by atoms with Gasteiger partial charge in [0.25, 0.3) is 0 Å². The van der Waals surface area contributed by atoms with Gasteiger partial charge in [0.1, 0.15) is 0 Å². The maximum Gasteiger partial charge on any atom is 0.0715 e. The van der Waals surface area contributed by atoms with Crippen molar-refractivity contribution in [3.8, 4) is 44.5 Å². The van der Waals surface area contributed by atoms with E-state index in [2.05, 4.69) is 611 Å². The molecule has 0 radical (unpaired) electrons. The normalized spacial score (nSPS) is 12.7. The van der Waals surface area contributed by atoms with Gasteiger partial charge in [0.05, 0.1) is 27.9 Å². The molecule has 0 atom stereocenters. The number of rotatable bonds is 17. The van der Waals surface area contributed by atoms with E-state index in [4.69, 9.17) is 0 Å². The summed E-state index contributed by atoms with van der Waals surface area (Å²) in [4.78, 5) is 9.60. The Morgan fingerprint density at radius 1 is 0.214 bits per heavy atom. The van der Waals surface area contributed by atoms with Crippen molar-refractivity contribution in [1.29, 1.82) is 0 Å². The monoisotopic (exact) mass is 1910 g/mol. The molecular formula is C139H96BrN5. The lowest BCUT2D eigenvalue weighted by molar-refractivity contribution is 0.764. The molecule has 2 heterocycles. The molecule has 28 rings (SSSR count). The molecule has 2 aliphatic carbocycles. The van der Waals surface area contributed by atoms with Gasteiger partial charge in [-0.25, -0.2) is 0 Å². The van der Waals surface area contributed by atoms with Crippen LogP contribution in [-0.4, -0.2) is 0 Å². The summed E-state index contributed by atoms with van der Waals surface area (Å²) < 4.78 is 1.09. The van der Waals surface area contributed by atoms with Gasteiger partial charge in [-0.2, -0.15) is 0 Å². The zero-order valence-corrected chi connectivity index (χ0v) is 81.1. The lowest BCUT2D eigenvalue weighted by Gasteiger charge is -2.37. The van der Waals surface area contributed by atoms with Gasteiger partial charge in [0.15, 0.2) is 0 Å². The quantitative estimate of drug-likeness (QED) is 0.0916. The number of benzene rings is 24.